The maximum absolute atomic E-state index is 13.7. The molecule has 0 bridgehead atoms. The molecule has 1 aliphatic heterocycles. The van der Waals surface area contributed by atoms with Gasteiger partial charge in [0.1, 0.15) is 6.61 Å². The normalized spacial score (nSPS) is 14.2. The number of rotatable bonds is 7. The topological polar surface area (TPSA) is 57.1 Å². The Morgan fingerprint density at radius 3 is 2.54 bits per heavy atom. The van der Waals surface area contributed by atoms with Gasteiger partial charge in [-0.15, -0.1) is 0 Å². The van der Waals surface area contributed by atoms with Crippen LogP contribution >= 0.6 is 50.1 Å². The van der Waals surface area contributed by atoms with Crippen molar-refractivity contribution in [3.05, 3.63) is 95.6 Å². The number of carbonyl (C=O) groups is 1. The third kappa shape index (κ3) is 6.02. The van der Waals surface area contributed by atoms with Crippen molar-refractivity contribution < 1.29 is 27.8 Å². The van der Waals surface area contributed by atoms with Gasteiger partial charge in [0.25, 0.3) is 0 Å². The molecule has 10 heteroatoms. The third-order valence-electron chi connectivity index (χ3n) is 4.79. The van der Waals surface area contributed by atoms with Crippen molar-refractivity contribution in [1.29, 1.82) is 0 Å². The van der Waals surface area contributed by atoms with Crippen molar-refractivity contribution in [3.63, 3.8) is 0 Å². The Kier molecular flexibility index (Phi) is 8.08. The van der Waals surface area contributed by atoms with Gasteiger partial charge in [-0.3, -0.25) is 0 Å². The van der Waals surface area contributed by atoms with Gasteiger partial charge in [0.2, 0.25) is 5.90 Å². The lowest BCUT2D eigenvalue weighted by atomic mass is 10.1. The lowest BCUT2D eigenvalue weighted by molar-refractivity contribution is -0.129. The Balaban J connectivity index is 1.63. The van der Waals surface area contributed by atoms with Crippen molar-refractivity contribution in [2.45, 2.75) is 13.5 Å². The highest BCUT2D eigenvalue weighted by Gasteiger charge is 2.27. The summed E-state index contributed by atoms with van der Waals surface area (Å²) in [5.41, 5.74) is 1.55. The number of carbonyl (C=O) groups excluding carboxylic acids is 1. The molecule has 5 nitrogen and oxygen atoms in total. The zero-order valence-electron chi connectivity index (χ0n) is 18.1. The van der Waals surface area contributed by atoms with Gasteiger partial charge < -0.3 is 14.2 Å². The van der Waals surface area contributed by atoms with Crippen molar-refractivity contribution in [2.75, 3.05) is 6.61 Å². The van der Waals surface area contributed by atoms with Gasteiger partial charge in [-0.05, 0) is 83.1 Å². The first-order chi connectivity index (χ1) is 16.7. The molecule has 0 radical (unpaired) electrons. The molecule has 35 heavy (non-hydrogen) atoms. The maximum atomic E-state index is 13.7. The summed E-state index contributed by atoms with van der Waals surface area (Å²) in [6, 6.07) is 12.9. The van der Waals surface area contributed by atoms with Crippen LogP contribution in [0.2, 0.25) is 5.02 Å². The fourth-order valence-corrected chi connectivity index (χ4v) is 4.46. The minimum absolute atomic E-state index is 0.0245. The largest absolute Gasteiger partial charge is 0.490 e. The molecule has 0 N–H and O–H groups in total. The molecule has 4 rings (SSSR count). The fourth-order valence-electron chi connectivity index (χ4n) is 3.18. The highest BCUT2D eigenvalue weighted by molar-refractivity contribution is 14.1. The summed E-state index contributed by atoms with van der Waals surface area (Å²) in [5, 5.41) is -0.128. The van der Waals surface area contributed by atoms with E-state index in [9.17, 15) is 13.6 Å². The van der Waals surface area contributed by atoms with Crippen LogP contribution in [0.1, 0.15) is 23.6 Å². The first kappa shape index (κ1) is 25.6. The maximum Gasteiger partial charge on any atom is 0.363 e. The standard InChI is InChI=1S/C25H16BrClF2INO4/c1-2-33-22-9-14(7-20(30)23(22)34-12-13-3-5-15(26)6-4-13)8-21-25(32)35-24(31-21)16-10-18(28)19(29)11-17(16)27/h3-11H,2,12H2,1H3. The molecular weight excluding hydrogens is 659 g/mol. The molecule has 0 unspecified atom stereocenters. The number of cyclic esters (lactones) is 1. The van der Waals surface area contributed by atoms with Crippen LogP contribution in [0.4, 0.5) is 8.78 Å². The van der Waals surface area contributed by atoms with E-state index in [4.69, 9.17) is 25.8 Å². The van der Waals surface area contributed by atoms with E-state index in [1.807, 2.05) is 31.2 Å². The Morgan fingerprint density at radius 1 is 1.11 bits per heavy atom. The van der Waals surface area contributed by atoms with Gasteiger partial charge >= 0.3 is 5.97 Å². The fraction of sp³-hybridized carbons (Fsp3) is 0.120. The van der Waals surface area contributed by atoms with Crippen LogP contribution in [0.25, 0.3) is 6.08 Å². The van der Waals surface area contributed by atoms with E-state index in [-0.39, 0.29) is 22.2 Å². The van der Waals surface area contributed by atoms with Gasteiger partial charge in [0.15, 0.2) is 28.8 Å². The number of nitrogens with zero attached hydrogens (tertiary/aromatic N) is 1. The first-order valence-electron chi connectivity index (χ1n) is 10.3. The van der Waals surface area contributed by atoms with Crippen molar-refractivity contribution in [3.8, 4) is 11.5 Å². The summed E-state index contributed by atoms with van der Waals surface area (Å²) in [5.74, 6) is -2.12. The van der Waals surface area contributed by atoms with Gasteiger partial charge in [0, 0.05) is 4.47 Å². The molecule has 0 saturated carbocycles. The molecule has 0 saturated heterocycles. The second-order valence-electron chi connectivity index (χ2n) is 7.26. The number of ether oxygens (including phenoxy) is 3. The lowest BCUT2D eigenvalue weighted by Gasteiger charge is -2.15. The summed E-state index contributed by atoms with van der Waals surface area (Å²) in [6.07, 6.45) is 1.51. The molecule has 1 heterocycles. The van der Waals surface area contributed by atoms with Gasteiger partial charge in [0.05, 0.1) is 20.8 Å². The van der Waals surface area contributed by atoms with E-state index < -0.39 is 17.6 Å². The summed E-state index contributed by atoms with van der Waals surface area (Å²) in [6.45, 7) is 2.61. The van der Waals surface area contributed by atoms with E-state index in [1.165, 1.54) is 6.08 Å². The van der Waals surface area contributed by atoms with E-state index in [0.717, 1.165) is 25.7 Å². The molecule has 0 aromatic heterocycles. The number of esters is 1. The van der Waals surface area contributed by atoms with Crippen LogP contribution in [0.15, 0.2) is 63.7 Å². The van der Waals surface area contributed by atoms with Crippen LogP contribution in [-0.4, -0.2) is 18.5 Å². The van der Waals surface area contributed by atoms with Crippen molar-refractivity contribution in [2.24, 2.45) is 4.99 Å². The molecule has 1 aliphatic rings. The average molecular weight is 675 g/mol. The molecule has 0 amide bonds. The van der Waals surface area contributed by atoms with Gasteiger partial charge in [-0.25, -0.2) is 18.6 Å². The number of hydrogen-bond acceptors (Lipinski definition) is 5. The number of benzene rings is 3. The number of halogens is 5. The molecular formula is C25H16BrClF2INO4. The predicted octanol–water partition coefficient (Wildman–Crippen LogP) is 7.31. The van der Waals surface area contributed by atoms with Crippen LogP contribution in [0, 0.1) is 15.2 Å². The molecule has 3 aromatic carbocycles. The van der Waals surface area contributed by atoms with E-state index in [0.29, 0.717) is 30.3 Å². The van der Waals surface area contributed by atoms with Crippen molar-refractivity contribution >= 4 is 68.1 Å². The predicted molar refractivity (Wildman–Crippen MR) is 141 cm³/mol. The zero-order chi connectivity index (χ0) is 25.1. The highest BCUT2D eigenvalue weighted by Crippen LogP contribution is 2.36. The Bertz CT molecular complexity index is 1360. The quantitative estimate of drug-likeness (QED) is 0.114. The molecule has 3 aromatic rings. The third-order valence-corrected chi connectivity index (χ3v) is 6.44. The minimum atomic E-state index is -1.13. The second kappa shape index (κ2) is 11.0. The minimum Gasteiger partial charge on any atom is -0.490 e. The first-order valence-corrected chi connectivity index (χ1v) is 12.5. The molecule has 0 aliphatic carbocycles. The van der Waals surface area contributed by atoms with Crippen LogP contribution in [0.5, 0.6) is 11.5 Å². The Hall–Kier alpha value is -2.50. The second-order valence-corrected chi connectivity index (χ2v) is 9.75. The average Bonchev–Trinajstić information content (AvgIpc) is 3.17. The molecule has 0 atom stereocenters. The SMILES string of the molecule is CCOc1cc(C=C2N=C(c3cc(F)c(F)cc3Cl)OC2=O)cc(I)c1OCc1ccc(Br)cc1. The molecule has 180 valence electrons. The van der Waals surface area contributed by atoms with E-state index >= 15 is 0 Å². The lowest BCUT2D eigenvalue weighted by Crippen LogP contribution is -2.07. The summed E-state index contributed by atoms with van der Waals surface area (Å²) in [4.78, 5) is 16.5. The molecule has 0 spiro atoms. The van der Waals surface area contributed by atoms with Gasteiger partial charge in [-0.1, -0.05) is 39.7 Å². The van der Waals surface area contributed by atoms with Crippen LogP contribution < -0.4 is 9.47 Å². The Labute approximate surface area is 227 Å². The summed E-state index contributed by atoms with van der Waals surface area (Å²) in [7, 11) is 0. The monoisotopic (exact) mass is 673 g/mol. The Morgan fingerprint density at radius 2 is 1.83 bits per heavy atom. The highest BCUT2D eigenvalue weighted by atomic mass is 127. The summed E-state index contributed by atoms with van der Waals surface area (Å²) >= 11 is 11.5. The van der Waals surface area contributed by atoms with E-state index in [2.05, 4.69) is 43.5 Å². The smallest absolute Gasteiger partial charge is 0.363 e. The van der Waals surface area contributed by atoms with Crippen LogP contribution in [-0.2, 0) is 16.1 Å². The number of aliphatic imine (C=N–C) groups is 1. The van der Waals surface area contributed by atoms with Crippen molar-refractivity contribution in [1.82, 2.24) is 0 Å². The van der Waals surface area contributed by atoms with Gasteiger partial charge in [-0.2, -0.15) is 0 Å². The zero-order valence-corrected chi connectivity index (χ0v) is 22.6. The summed E-state index contributed by atoms with van der Waals surface area (Å²) < 4.78 is 45.7. The number of hydrogen-bond donors (Lipinski definition) is 0. The molecule has 0 fully saturated rings. The van der Waals surface area contributed by atoms with E-state index in [1.54, 1.807) is 12.1 Å². The van der Waals surface area contributed by atoms with Crippen LogP contribution in [0.3, 0.4) is 0 Å².